The zero-order valence-electron chi connectivity index (χ0n) is 9.02. The zero-order chi connectivity index (χ0) is 10.3. The van der Waals surface area contributed by atoms with E-state index in [4.69, 9.17) is 4.74 Å². The molecule has 3 atom stereocenters. The molecule has 0 unspecified atom stereocenters. The smallest absolute Gasteiger partial charge is 0.118 e. The Hall–Kier alpha value is -1.24. The Morgan fingerprint density at radius 1 is 1.07 bits per heavy atom. The standard InChI is InChI=1S/C14H16O/c1-15-13-6-4-11(5-7-13)14-9-10-2-3-12(14)8-10/h2-7,10,12,14H,8-9H2,1H3/t10-,12+,14-/m0/s1. The van der Waals surface area contributed by atoms with Crippen LogP contribution in [0.15, 0.2) is 36.4 Å². The zero-order valence-corrected chi connectivity index (χ0v) is 9.02. The van der Waals surface area contributed by atoms with E-state index in [1.54, 1.807) is 7.11 Å². The average Bonchev–Trinajstić information content (AvgIpc) is 2.91. The van der Waals surface area contributed by atoms with E-state index in [0.29, 0.717) is 0 Å². The molecule has 1 saturated carbocycles. The fraction of sp³-hybridized carbons (Fsp3) is 0.429. The molecule has 2 aliphatic rings. The Balaban J connectivity index is 1.84. The maximum absolute atomic E-state index is 5.18. The number of allylic oxidation sites excluding steroid dienone is 2. The van der Waals surface area contributed by atoms with E-state index in [2.05, 4.69) is 36.4 Å². The minimum atomic E-state index is 0.755. The van der Waals surface area contributed by atoms with Gasteiger partial charge in [0, 0.05) is 0 Å². The summed E-state index contributed by atoms with van der Waals surface area (Å²) in [4.78, 5) is 0. The molecule has 1 fully saturated rings. The molecule has 0 spiro atoms. The summed E-state index contributed by atoms with van der Waals surface area (Å²) in [6.45, 7) is 0. The van der Waals surface area contributed by atoms with Gasteiger partial charge in [0.05, 0.1) is 7.11 Å². The number of hydrogen-bond acceptors (Lipinski definition) is 1. The molecule has 0 saturated heterocycles. The number of benzene rings is 1. The number of hydrogen-bond donors (Lipinski definition) is 0. The van der Waals surface area contributed by atoms with Crippen LogP contribution >= 0.6 is 0 Å². The Morgan fingerprint density at radius 2 is 1.87 bits per heavy atom. The molecule has 1 aromatic rings. The van der Waals surface area contributed by atoms with Crippen molar-refractivity contribution in [1.82, 2.24) is 0 Å². The van der Waals surface area contributed by atoms with Crippen molar-refractivity contribution in [2.75, 3.05) is 7.11 Å². The summed E-state index contributed by atoms with van der Waals surface area (Å²) in [7, 11) is 1.72. The van der Waals surface area contributed by atoms with Crippen LogP contribution in [0.4, 0.5) is 0 Å². The summed E-state index contributed by atoms with van der Waals surface area (Å²) in [5.41, 5.74) is 1.48. The summed E-state index contributed by atoms with van der Waals surface area (Å²) in [5.74, 6) is 3.36. The summed E-state index contributed by atoms with van der Waals surface area (Å²) in [6, 6.07) is 8.59. The lowest BCUT2D eigenvalue weighted by molar-refractivity contribution is 0.414. The van der Waals surface area contributed by atoms with Gasteiger partial charge in [-0.2, -0.15) is 0 Å². The van der Waals surface area contributed by atoms with Crippen molar-refractivity contribution >= 4 is 0 Å². The second kappa shape index (κ2) is 3.41. The van der Waals surface area contributed by atoms with Gasteiger partial charge in [0.2, 0.25) is 0 Å². The number of methoxy groups -OCH3 is 1. The molecule has 0 aliphatic heterocycles. The van der Waals surface area contributed by atoms with Gasteiger partial charge in [0.1, 0.15) is 5.75 Å². The van der Waals surface area contributed by atoms with Crippen LogP contribution in [0.3, 0.4) is 0 Å². The van der Waals surface area contributed by atoms with Crippen LogP contribution in [0, 0.1) is 11.8 Å². The van der Waals surface area contributed by atoms with Crippen LogP contribution in [-0.4, -0.2) is 7.11 Å². The predicted molar refractivity (Wildman–Crippen MR) is 61.1 cm³/mol. The lowest BCUT2D eigenvalue weighted by atomic mass is 9.87. The van der Waals surface area contributed by atoms with Crippen molar-refractivity contribution in [3.63, 3.8) is 0 Å². The topological polar surface area (TPSA) is 9.23 Å². The molecule has 0 N–H and O–H groups in total. The number of rotatable bonds is 2. The van der Waals surface area contributed by atoms with E-state index >= 15 is 0 Å². The van der Waals surface area contributed by atoms with Crippen molar-refractivity contribution in [1.29, 1.82) is 0 Å². The van der Waals surface area contributed by atoms with Crippen molar-refractivity contribution in [3.05, 3.63) is 42.0 Å². The van der Waals surface area contributed by atoms with Crippen LogP contribution in [0.1, 0.15) is 24.3 Å². The molecule has 3 rings (SSSR count). The van der Waals surface area contributed by atoms with Crippen LogP contribution in [-0.2, 0) is 0 Å². The quantitative estimate of drug-likeness (QED) is 0.665. The molecular formula is C14H16O. The third-order valence-corrected chi connectivity index (χ3v) is 3.82. The SMILES string of the molecule is COc1ccc([C@@H]2C[C@H]3C=C[C@@H]2C3)cc1. The third kappa shape index (κ3) is 1.46. The van der Waals surface area contributed by atoms with Crippen LogP contribution in [0.5, 0.6) is 5.75 Å². The second-order valence-corrected chi connectivity index (χ2v) is 4.66. The monoisotopic (exact) mass is 200 g/mol. The summed E-state index contributed by atoms with van der Waals surface area (Å²) in [6.07, 6.45) is 7.51. The van der Waals surface area contributed by atoms with Gasteiger partial charge in [0.25, 0.3) is 0 Å². The van der Waals surface area contributed by atoms with E-state index < -0.39 is 0 Å². The van der Waals surface area contributed by atoms with E-state index in [-0.39, 0.29) is 0 Å². The van der Waals surface area contributed by atoms with Gasteiger partial charge >= 0.3 is 0 Å². The average molecular weight is 200 g/mol. The van der Waals surface area contributed by atoms with E-state index in [1.165, 1.54) is 18.4 Å². The first-order valence-electron chi connectivity index (χ1n) is 5.69. The van der Waals surface area contributed by atoms with Crippen molar-refractivity contribution in [2.24, 2.45) is 11.8 Å². The van der Waals surface area contributed by atoms with E-state index in [0.717, 1.165) is 23.5 Å². The minimum absolute atomic E-state index is 0.755. The van der Waals surface area contributed by atoms with Gasteiger partial charge in [-0.15, -0.1) is 0 Å². The molecular weight excluding hydrogens is 184 g/mol. The first-order chi connectivity index (χ1) is 7.36. The molecule has 15 heavy (non-hydrogen) atoms. The Kier molecular flexibility index (Phi) is 2.05. The van der Waals surface area contributed by atoms with Gasteiger partial charge < -0.3 is 4.74 Å². The molecule has 2 bridgehead atoms. The predicted octanol–water partition coefficient (Wildman–Crippen LogP) is 3.37. The highest BCUT2D eigenvalue weighted by atomic mass is 16.5. The van der Waals surface area contributed by atoms with Crippen LogP contribution in [0.25, 0.3) is 0 Å². The lowest BCUT2D eigenvalue weighted by Crippen LogP contribution is -2.04. The minimum Gasteiger partial charge on any atom is -0.497 e. The van der Waals surface area contributed by atoms with Gasteiger partial charge in [-0.3, -0.25) is 0 Å². The highest BCUT2D eigenvalue weighted by Crippen LogP contribution is 2.48. The van der Waals surface area contributed by atoms with Crippen molar-refractivity contribution < 1.29 is 4.74 Å². The Bertz CT molecular complexity index is 377. The summed E-state index contributed by atoms with van der Waals surface area (Å²) in [5, 5.41) is 0. The molecule has 0 amide bonds. The highest BCUT2D eigenvalue weighted by molar-refractivity contribution is 5.32. The fourth-order valence-electron chi connectivity index (χ4n) is 3.02. The Morgan fingerprint density at radius 3 is 2.40 bits per heavy atom. The van der Waals surface area contributed by atoms with Gasteiger partial charge in [-0.25, -0.2) is 0 Å². The van der Waals surface area contributed by atoms with E-state index in [9.17, 15) is 0 Å². The fourth-order valence-corrected chi connectivity index (χ4v) is 3.02. The summed E-state index contributed by atoms with van der Waals surface area (Å²) < 4.78 is 5.18. The summed E-state index contributed by atoms with van der Waals surface area (Å²) >= 11 is 0. The second-order valence-electron chi connectivity index (χ2n) is 4.66. The van der Waals surface area contributed by atoms with Crippen molar-refractivity contribution in [3.8, 4) is 5.75 Å². The normalized spacial score (nSPS) is 32.2. The lowest BCUT2D eigenvalue weighted by Gasteiger charge is -2.18. The van der Waals surface area contributed by atoms with Crippen LogP contribution in [0.2, 0.25) is 0 Å². The molecule has 1 nitrogen and oxygen atoms in total. The van der Waals surface area contributed by atoms with Gasteiger partial charge in [-0.1, -0.05) is 24.3 Å². The molecule has 78 valence electrons. The first kappa shape index (κ1) is 9.02. The number of fused-ring (bicyclic) bond motifs is 2. The Labute approximate surface area is 90.8 Å². The molecule has 0 radical (unpaired) electrons. The van der Waals surface area contributed by atoms with Gasteiger partial charge in [0.15, 0.2) is 0 Å². The highest BCUT2D eigenvalue weighted by Gasteiger charge is 2.36. The maximum Gasteiger partial charge on any atom is 0.118 e. The maximum atomic E-state index is 5.18. The van der Waals surface area contributed by atoms with E-state index in [1.807, 2.05) is 0 Å². The largest absolute Gasteiger partial charge is 0.497 e. The van der Waals surface area contributed by atoms with Crippen molar-refractivity contribution in [2.45, 2.75) is 18.8 Å². The third-order valence-electron chi connectivity index (χ3n) is 3.82. The molecule has 1 aromatic carbocycles. The van der Waals surface area contributed by atoms with Crippen LogP contribution < -0.4 is 4.74 Å². The molecule has 0 heterocycles. The first-order valence-corrected chi connectivity index (χ1v) is 5.69. The molecule has 1 heteroatoms. The molecule has 2 aliphatic carbocycles. The van der Waals surface area contributed by atoms with Gasteiger partial charge in [-0.05, 0) is 48.3 Å². The number of ether oxygens (including phenoxy) is 1. The molecule has 0 aromatic heterocycles.